The quantitative estimate of drug-likeness (QED) is 0.820. The van der Waals surface area contributed by atoms with Crippen molar-refractivity contribution in [2.45, 2.75) is 13.3 Å². The Morgan fingerprint density at radius 1 is 0.950 bits per heavy atom. The van der Waals surface area contributed by atoms with Crippen LogP contribution in [-0.2, 0) is 0 Å². The van der Waals surface area contributed by atoms with E-state index in [0.717, 1.165) is 40.5 Å². The largest absolute Gasteiger partial charge is 0.490 e. The van der Waals surface area contributed by atoms with E-state index in [9.17, 15) is 0 Å². The number of rotatable bonds is 2. The van der Waals surface area contributed by atoms with Gasteiger partial charge in [-0.15, -0.1) is 0 Å². The summed E-state index contributed by atoms with van der Waals surface area (Å²) in [6.45, 7) is 3.38. The Morgan fingerprint density at radius 2 is 1.65 bits per heavy atom. The summed E-state index contributed by atoms with van der Waals surface area (Å²) < 4.78 is 11.3. The molecule has 3 N–H and O–H groups in total. The summed E-state index contributed by atoms with van der Waals surface area (Å²) in [5, 5.41) is 3.33. The van der Waals surface area contributed by atoms with Crippen molar-refractivity contribution in [1.29, 1.82) is 0 Å². The third kappa shape index (κ3) is 2.64. The van der Waals surface area contributed by atoms with Crippen LogP contribution in [0.4, 0.5) is 17.1 Å². The van der Waals surface area contributed by atoms with Crippen molar-refractivity contribution in [3.05, 3.63) is 42.0 Å². The molecule has 0 fully saturated rings. The molecule has 3 rings (SSSR count). The SMILES string of the molecule is Cc1ccc(Nc2ccc3c(c2)OCCCO3)cc1N. The fraction of sp³-hybridized carbons (Fsp3) is 0.250. The number of nitrogens with two attached hydrogens (primary N) is 1. The van der Waals surface area contributed by atoms with Gasteiger partial charge in [-0.2, -0.15) is 0 Å². The van der Waals surface area contributed by atoms with Crippen LogP contribution >= 0.6 is 0 Å². The first-order valence-electron chi connectivity index (χ1n) is 6.75. The van der Waals surface area contributed by atoms with Crippen LogP contribution in [0.2, 0.25) is 0 Å². The maximum absolute atomic E-state index is 5.92. The summed E-state index contributed by atoms with van der Waals surface area (Å²) in [5.41, 5.74) is 9.70. The molecule has 0 radical (unpaired) electrons. The van der Waals surface area contributed by atoms with Crippen molar-refractivity contribution >= 4 is 17.1 Å². The Labute approximate surface area is 118 Å². The van der Waals surface area contributed by atoms with Gasteiger partial charge in [-0.25, -0.2) is 0 Å². The number of aryl methyl sites for hydroxylation is 1. The second-order valence-corrected chi connectivity index (χ2v) is 4.91. The van der Waals surface area contributed by atoms with E-state index >= 15 is 0 Å². The van der Waals surface area contributed by atoms with E-state index in [4.69, 9.17) is 15.2 Å². The monoisotopic (exact) mass is 270 g/mol. The molecule has 0 bridgehead atoms. The molecule has 104 valence electrons. The standard InChI is InChI=1S/C16H18N2O2/c1-11-3-4-12(9-14(11)17)18-13-5-6-15-16(10-13)20-8-2-7-19-15/h3-6,9-10,18H,2,7-8,17H2,1H3. The minimum atomic E-state index is 0.688. The zero-order valence-electron chi connectivity index (χ0n) is 11.5. The molecule has 4 nitrogen and oxygen atoms in total. The number of anilines is 3. The third-order valence-electron chi connectivity index (χ3n) is 3.32. The van der Waals surface area contributed by atoms with Gasteiger partial charge in [0.25, 0.3) is 0 Å². The van der Waals surface area contributed by atoms with Crippen LogP contribution in [0.3, 0.4) is 0 Å². The van der Waals surface area contributed by atoms with Crippen molar-refractivity contribution in [1.82, 2.24) is 0 Å². The normalized spacial score (nSPS) is 13.7. The number of hydrogen-bond acceptors (Lipinski definition) is 4. The highest BCUT2D eigenvalue weighted by Crippen LogP contribution is 2.33. The van der Waals surface area contributed by atoms with Gasteiger partial charge < -0.3 is 20.5 Å². The van der Waals surface area contributed by atoms with Crippen molar-refractivity contribution in [2.75, 3.05) is 24.3 Å². The molecular formula is C16H18N2O2. The zero-order valence-corrected chi connectivity index (χ0v) is 11.5. The predicted molar refractivity (Wildman–Crippen MR) is 80.9 cm³/mol. The molecule has 0 spiro atoms. The van der Waals surface area contributed by atoms with Crippen LogP contribution < -0.4 is 20.5 Å². The number of hydrogen-bond donors (Lipinski definition) is 2. The van der Waals surface area contributed by atoms with E-state index in [1.54, 1.807) is 0 Å². The second-order valence-electron chi connectivity index (χ2n) is 4.91. The number of fused-ring (bicyclic) bond motifs is 1. The first-order chi connectivity index (χ1) is 9.72. The minimum absolute atomic E-state index is 0.688. The van der Waals surface area contributed by atoms with Gasteiger partial charge in [0, 0.05) is 29.5 Å². The number of ether oxygens (including phenoxy) is 2. The maximum atomic E-state index is 5.92. The van der Waals surface area contributed by atoms with E-state index in [-0.39, 0.29) is 0 Å². The van der Waals surface area contributed by atoms with Crippen molar-refractivity contribution < 1.29 is 9.47 Å². The van der Waals surface area contributed by atoms with Gasteiger partial charge in [-0.05, 0) is 36.8 Å². The zero-order chi connectivity index (χ0) is 13.9. The molecule has 20 heavy (non-hydrogen) atoms. The molecule has 4 heteroatoms. The van der Waals surface area contributed by atoms with Gasteiger partial charge in [-0.1, -0.05) is 6.07 Å². The molecule has 1 heterocycles. The Bertz CT molecular complexity index is 626. The Balaban J connectivity index is 1.83. The third-order valence-corrected chi connectivity index (χ3v) is 3.32. The molecule has 0 atom stereocenters. The van der Waals surface area contributed by atoms with Crippen LogP contribution in [0.5, 0.6) is 11.5 Å². The van der Waals surface area contributed by atoms with Gasteiger partial charge in [-0.3, -0.25) is 0 Å². The molecule has 1 aliphatic rings. The smallest absolute Gasteiger partial charge is 0.163 e. The fourth-order valence-electron chi connectivity index (χ4n) is 2.13. The van der Waals surface area contributed by atoms with E-state index in [1.807, 2.05) is 43.3 Å². The molecule has 0 saturated carbocycles. The lowest BCUT2D eigenvalue weighted by molar-refractivity contribution is 0.297. The van der Waals surface area contributed by atoms with Gasteiger partial charge in [0.2, 0.25) is 0 Å². The lowest BCUT2D eigenvalue weighted by Gasteiger charge is -2.12. The number of benzene rings is 2. The van der Waals surface area contributed by atoms with E-state index in [0.29, 0.717) is 13.2 Å². The van der Waals surface area contributed by atoms with Crippen LogP contribution in [0.15, 0.2) is 36.4 Å². The van der Waals surface area contributed by atoms with Gasteiger partial charge in [0.15, 0.2) is 11.5 Å². The second kappa shape index (κ2) is 5.33. The average molecular weight is 270 g/mol. The number of nitrogen functional groups attached to an aromatic ring is 1. The van der Waals surface area contributed by atoms with E-state index in [2.05, 4.69) is 5.32 Å². The summed E-state index contributed by atoms with van der Waals surface area (Å²) >= 11 is 0. The summed E-state index contributed by atoms with van der Waals surface area (Å²) in [5.74, 6) is 1.59. The Morgan fingerprint density at radius 3 is 2.45 bits per heavy atom. The first kappa shape index (κ1) is 12.7. The summed E-state index contributed by atoms with van der Waals surface area (Å²) in [6.07, 6.45) is 0.909. The molecular weight excluding hydrogens is 252 g/mol. The first-order valence-corrected chi connectivity index (χ1v) is 6.75. The van der Waals surface area contributed by atoms with Gasteiger partial charge in [0.05, 0.1) is 13.2 Å². The summed E-state index contributed by atoms with van der Waals surface area (Å²) in [4.78, 5) is 0. The maximum Gasteiger partial charge on any atom is 0.163 e. The Hall–Kier alpha value is -2.36. The predicted octanol–water partition coefficient (Wildman–Crippen LogP) is 3.48. The highest BCUT2D eigenvalue weighted by Gasteiger charge is 2.10. The van der Waals surface area contributed by atoms with Crippen LogP contribution in [0.25, 0.3) is 0 Å². The van der Waals surface area contributed by atoms with Crippen LogP contribution in [-0.4, -0.2) is 13.2 Å². The Kier molecular flexibility index (Phi) is 3.37. The topological polar surface area (TPSA) is 56.5 Å². The molecule has 0 aromatic heterocycles. The summed E-state index contributed by atoms with van der Waals surface area (Å²) in [7, 11) is 0. The van der Waals surface area contributed by atoms with Crippen molar-refractivity contribution in [3.63, 3.8) is 0 Å². The highest BCUT2D eigenvalue weighted by molar-refractivity contribution is 5.67. The molecule has 1 aliphatic heterocycles. The average Bonchev–Trinajstić information content (AvgIpc) is 2.68. The van der Waals surface area contributed by atoms with Crippen LogP contribution in [0.1, 0.15) is 12.0 Å². The molecule has 0 unspecified atom stereocenters. The molecule has 0 saturated heterocycles. The van der Waals surface area contributed by atoms with Crippen molar-refractivity contribution in [2.24, 2.45) is 0 Å². The minimum Gasteiger partial charge on any atom is -0.490 e. The molecule has 2 aromatic carbocycles. The number of nitrogens with one attached hydrogen (secondary N) is 1. The van der Waals surface area contributed by atoms with E-state index < -0.39 is 0 Å². The highest BCUT2D eigenvalue weighted by atomic mass is 16.5. The van der Waals surface area contributed by atoms with Gasteiger partial charge >= 0.3 is 0 Å². The van der Waals surface area contributed by atoms with Crippen LogP contribution in [0, 0.1) is 6.92 Å². The molecule has 0 aliphatic carbocycles. The summed E-state index contributed by atoms with van der Waals surface area (Å²) in [6, 6.07) is 11.8. The lowest BCUT2D eigenvalue weighted by Crippen LogP contribution is -1.97. The van der Waals surface area contributed by atoms with E-state index in [1.165, 1.54) is 0 Å². The van der Waals surface area contributed by atoms with Crippen molar-refractivity contribution in [3.8, 4) is 11.5 Å². The molecule has 0 amide bonds. The van der Waals surface area contributed by atoms with Gasteiger partial charge in [0.1, 0.15) is 0 Å². The molecule has 2 aromatic rings. The fourth-order valence-corrected chi connectivity index (χ4v) is 2.13. The lowest BCUT2D eigenvalue weighted by atomic mass is 10.2.